The van der Waals surface area contributed by atoms with Gasteiger partial charge in [-0.3, -0.25) is 14.5 Å². The number of aliphatic hydroxyl groups is 1. The van der Waals surface area contributed by atoms with Gasteiger partial charge >= 0.3 is 0 Å². The molecular weight excluding hydrogens is 490 g/mol. The first-order chi connectivity index (χ1) is 18.8. The summed E-state index contributed by atoms with van der Waals surface area (Å²) >= 11 is 0. The number of benzene rings is 3. The molecule has 3 aromatic carbocycles. The molecule has 1 fully saturated rings. The van der Waals surface area contributed by atoms with E-state index in [4.69, 9.17) is 9.47 Å². The molecule has 1 heterocycles. The van der Waals surface area contributed by atoms with E-state index in [1.165, 1.54) is 4.90 Å². The lowest BCUT2D eigenvalue weighted by Crippen LogP contribution is -2.29. The summed E-state index contributed by atoms with van der Waals surface area (Å²) in [6, 6.07) is 20.9. The van der Waals surface area contributed by atoms with Gasteiger partial charge in [-0.15, -0.1) is 0 Å². The monoisotopic (exact) mass is 527 g/mol. The summed E-state index contributed by atoms with van der Waals surface area (Å²) in [5.74, 6) is 0.155. The number of Topliss-reactive ketones (excluding diaryl/α,β-unsaturated/α-hetero) is 1. The third-order valence-corrected chi connectivity index (χ3v) is 6.68. The van der Waals surface area contributed by atoms with E-state index in [0.717, 1.165) is 24.8 Å². The minimum atomic E-state index is -0.795. The molecular formula is C33H37NO5. The smallest absolute Gasteiger partial charge is 0.300 e. The van der Waals surface area contributed by atoms with Crippen LogP contribution in [0.4, 0.5) is 5.69 Å². The van der Waals surface area contributed by atoms with Crippen LogP contribution >= 0.6 is 0 Å². The minimum absolute atomic E-state index is 0.0491. The van der Waals surface area contributed by atoms with E-state index < -0.39 is 17.7 Å². The maximum atomic E-state index is 13.4. The summed E-state index contributed by atoms with van der Waals surface area (Å²) in [6.07, 6.45) is 3.19. The van der Waals surface area contributed by atoms with Crippen molar-refractivity contribution < 1.29 is 24.2 Å². The third kappa shape index (κ3) is 6.51. The van der Waals surface area contributed by atoms with E-state index in [0.29, 0.717) is 47.4 Å². The van der Waals surface area contributed by atoms with Crippen molar-refractivity contribution in [3.63, 3.8) is 0 Å². The van der Waals surface area contributed by atoms with Gasteiger partial charge in [0.25, 0.3) is 11.7 Å². The van der Waals surface area contributed by atoms with Crippen LogP contribution in [0.5, 0.6) is 11.5 Å². The summed E-state index contributed by atoms with van der Waals surface area (Å²) in [5, 5.41) is 11.4. The molecule has 1 N–H and O–H groups in total. The number of aryl methyl sites for hydroxylation is 1. The lowest BCUT2D eigenvalue weighted by atomic mass is 9.95. The van der Waals surface area contributed by atoms with E-state index in [-0.39, 0.29) is 11.3 Å². The van der Waals surface area contributed by atoms with Crippen LogP contribution in [0, 0.1) is 12.8 Å². The maximum absolute atomic E-state index is 13.4. The SMILES string of the molecule is CCCCCOc1ccc(/C(O)=C2\C(=O)C(=O)N(c3ccc(C)cc3)C2c2ccc(OCC(C)C)cc2)cc1. The van der Waals surface area contributed by atoms with Gasteiger partial charge in [0.2, 0.25) is 0 Å². The molecule has 6 heteroatoms. The second-order valence-electron chi connectivity index (χ2n) is 10.4. The Balaban J connectivity index is 1.72. The molecule has 204 valence electrons. The molecule has 1 aliphatic rings. The maximum Gasteiger partial charge on any atom is 0.300 e. The fourth-order valence-electron chi connectivity index (χ4n) is 4.54. The highest BCUT2D eigenvalue weighted by Crippen LogP contribution is 2.42. The lowest BCUT2D eigenvalue weighted by Gasteiger charge is -2.25. The van der Waals surface area contributed by atoms with Gasteiger partial charge in [0.15, 0.2) is 0 Å². The summed E-state index contributed by atoms with van der Waals surface area (Å²) in [4.78, 5) is 28.2. The van der Waals surface area contributed by atoms with Crippen molar-refractivity contribution in [3.8, 4) is 11.5 Å². The first-order valence-electron chi connectivity index (χ1n) is 13.6. The topological polar surface area (TPSA) is 76.1 Å². The molecule has 3 aromatic rings. The molecule has 1 amide bonds. The van der Waals surface area contributed by atoms with E-state index in [1.54, 1.807) is 24.3 Å². The average Bonchev–Trinajstić information content (AvgIpc) is 3.20. The Bertz CT molecular complexity index is 1310. The minimum Gasteiger partial charge on any atom is -0.507 e. The summed E-state index contributed by atoms with van der Waals surface area (Å²) in [5.41, 5.74) is 2.81. The van der Waals surface area contributed by atoms with Crippen molar-refractivity contribution in [1.82, 2.24) is 0 Å². The molecule has 0 aromatic heterocycles. The van der Waals surface area contributed by atoms with Crippen molar-refractivity contribution in [3.05, 3.63) is 95.1 Å². The molecule has 6 nitrogen and oxygen atoms in total. The third-order valence-electron chi connectivity index (χ3n) is 6.68. The van der Waals surface area contributed by atoms with E-state index in [2.05, 4.69) is 20.8 Å². The van der Waals surface area contributed by atoms with Gasteiger partial charge in [0, 0.05) is 11.3 Å². The number of unbranched alkanes of at least 4 members (excludes halogenated alkanes) is 2. The average molecular weight is 528 g/mol. The zero-order chi connectivity index (χ0) is 27.9. The Kier molecular flexibility index (Phi) is 9.07. The number of rotatable bonds is 11. The van der Waals surface area contributed by atoms with Gasteiger partial charge in [-0.05, 0) is 73.4 Å². The van der Waals surface area contributed by atoms with Crippen LogP contribution in [0.15, 0.2) is 78.4 Å². The first kappa shape index (κ1) is 28.0. The van der Waals surface area contributed by atoms with Gasteiger partial charge in [-0.1, -0.05) is 63.4 Å². The number of carbonyl (C=O) groups is 2. The summed E-state index contributed by atoms with van der Waals surface area (Å²) in [7, 11) is 0. The summed E-state index contributed by atoms with van der Waals surface area (Å²) in [6.45, 7) is 9.46. The quantitative estimate of drug-likeness (QED) is 0.123. The number of amides is 1. The lowest BCUT2D eigenvalue weighted by molar-refractivity contribution is -0.132. The van der Waals surface area contributed by atoms with Crippen molar-refractivity contribution in [2.75, 3.05) is 18.1 Å². The number of nitrogens with zero attached hydrogens (tertiary/aromatic N) is 1. The second kappa shape index (κ2) is 12.7. The van der Waals surface area contributed by atoms with Crippen LogP contribution in [-0.2, 0) is 9.59 Å². The zero-order valence-electron chi connectivity index (χ0n) is 23.1. The van der Waals surface area contributed by atoms with E-state index in [9.17, 15) is 14.7 Å². The number of aliphatic hydroxyl groups excluding tert-OH is 1. The Morgan fingerprint density at radius 2 is 1.49 bits per heavy atom. The van der Waals surface area contributed by atoms with Crippen molar-refractivity contribution in [2.24, 2.45) is 5.92 Å². The molecule has 1 aliphatic heterocycles. The van der Waals surface area contributed by atoms with Crippen LogP contribution in [0.3, 0.4) is 0 Å². The van der Waals surface area contributed by atoms with Crippen LogP contribution < -0.4 is 14.4 Å². The highest BCUT2D eigenvalue weighted by atomic mass is 16.5. The van der Waals surface area contributed by atoms with Crippen LogP contribution in [0.25, 0.3) is 5.76 Å². The predicted octanol–water partition coefficient (Wildman–Crippen LogP) is 7.23. The Hall–Kier alpha value is -4.06. The van der Waals surface area contributed by atoms with Gasteiger partial charge in [-0.25, -0.2) is 0 Å². The van der Waals surface area contributed by atoms with Crippen molar-refractivity contribution in [2.45, 2.75) is 53.0 Å². The number of ether oxygens (including phenoxy) is 2. The molecule has 39 heavy (non-hydrogen) atoms. The molecule has 4 rings (SSSR count). The molecule has 0 bridgehead atoms. The van der Waals surface area contributed by atoms with Crippen molar-refractivity contribution >= 4 is 23.1 Å². The van der Waals surface area contributed by atoms with E-state index in [1.807, 2.05) is 55.5 Å². The molecule has 0 radical (unpaired) electrons. The van der Waals surface area contributed by atoms with Gasteiger partial charge in [0.1, 0.15) is 17.3 Å². The number of hydrogen-bond acceptors (Lipinski definition) is 5. The fourth-order valence-corrected chi connectivity index (χ4v) is 4.54. The Labute approximate surface area is 230 Å². The largest absolute Gasteiger partial charge is 0.507 e. The molecule has 0 saturated carbocycles. The Morgan fingerprint density at radius 3 is 2.10 bits per heavy atom. The first-order valence-corrected chi connectivity index (χ1v) is 13.6. The zero-order valence-corrected chi connectivity index (χ0v) is 23.1. The predicted molar refractivity (Wildman–Crippen MR) is 154 cm³/mol. The summed E-state index contributed by atoms with van der Waals surface area (Å²) < 4.78 is 11.6. The second-order valence-corrected chi connectivity index (χ2v) is 10.4. The number of anilines is 1. The molecule has 1 unspecified atom stereocenters. The molecule has 1 saturated heterocycles. The fraction of sp³-hybridized carbons (Fsp3) is 0.333. The van der Waals surface area contributed by atoms with E-state index >= 15 is 0 Å². The number of hydrogen-bond donors (Lipinski definition) is 1. The normalized spacial score (nSPS) is 16.6. The Morgan fingerprint density at radius 1 is 0.872 bits per heavy atom. The van der Waals surface area contributed by atoms with Gasteiger partial charge in [0.05, 0.1) is 24.8 Å². The highest BCUT2D eigenvalue weighted by Gasteiger charge is 2.47. The van der Waals surface area contributed by atoms with Gasteiger partial charge in [-0.2, -0.15) is 0 Å². The van der Waals surface area contributed by atoms with Crippen LogP contribution in [0.2, 0.25) is 0 Å². The highest BCUT2D eigenvalue weighted by molar-refractivity contribution is 6.51. The number of ketones is 1. The molecule has 0 spiro atoms. The molecule has 0 aliphatic carbocycles. The van der Waals surface area contributed by atoms with Crippen LogP contribution in [0.1, 0.15) is 62.8 Å². The molecule has 1 atom stereocenters. The van der Waals surface area contributed by atoms with Crippen molar-refractivity contribution in [1.29, 1.82) is 0 Å². The standard InChI is InChI=1S/C33H37NO5/c1-5-6-7-20-38-27-18-12-25(13-19-27)31(35)29-30(24-10-16-28(17-11-24)39-21-22(2)3)34(33(37)32(29)36)26-14-8-23(4)9-15-26/h8-19,22,30,35H,5-7,20-21H2,1-4H3/b31-29+. The van der Waals surface area contributed by atoms with Gasteiger partial charge < -0.3 is 14.6 Å². The number of carbonyl (C=O) groups excluding carboxylic acids is 2. The van der Waals surface area contributed by atoms with Crippen LogP contribution in [-0.4, -0.2) is 30.0 Å².